The van der Waals surface area contributed by atoms with Gasteiger partial charge in [0, 0.05) is 11.1 Å². The van der Waals surface area contributed by atoms with Crippen molar-refractivity contribution in [1.29, 1.82) is 0 Å². The Morgan fingerprint density at radius 3 is 2.41 bits per heavy atom. The maximum atomic E-state index is 6.01. The lowest BCUT2D eigenvalue weighted by molar-refractivity contribution is -1.03. The summed E-state index contributed by atoms with van der Waals surface area (Å²) in [5.41, 5.74) is 3.76. The van der Waals surface area contributed by atoms with Gasteiger partial charge in [-0.05, 0) is 43.7 Å². The summed E-state index contributed by atoms with van der Waals surface area (Å²) in [6.07, 6.45) is 0. The summed E-state index contributed by atoms with van der Waals surface area (Å²) < 4.78 is 11.2. The second kappa shape index (κ2) is 8.76. The number of methoxy groups -OCH3 is 1. The van der Waals surface area contributed by atoms with E-state index in [-0.39, 0.29) is 6.04 Å². The Morgan fingerprint density at radius 1 is 1.00 bits per heavy atom. The molecule has 2 aromatic carbocycles. The minimum atomic E-state index is 0.203. The van der Waals surface area contributed by atoms with Gasteiger partial charge in [0.15, 0.2) is 6.04 Å². The van der Waals surface area contributed by atoms with E-state index in [9.17, 15) is 0 Å². The molecule has 2 heterocycles. The van der Waals surface area contributed by atoms with Crippen LogP contribution >= 0.6 is 0 Å². The van der Waals surface area contributed by atoms with Crippen LogP contribution in [0.3, 0.4) is 0 Å². The Labute approximate surface area is 172 Å². The summed E-state index contributed by atoms with van der Waals surface area (Å²) in [7, 11) is 1.66. The van der Waals surface area contributed by atoms with Gasteiger partial charge >= 0.3 is 0 Å². The Bertz CT molecular complexity index is 930. The van der Waals surface area contributed by atoms with Gasteiger partial charge in [0.05, 0.1) is 7.11 Å². The number of quaternary nitrogens is 2. The fraction of sp³-hybridized carbons (Fsp3) is 0.391. The molecule has 0 spiro atoms. The summed E-state index contributed by atoms with van der Waals surface area (Å²) in [6, 6.07) is 16.6. The standard InChI is InChI=1S/C23H28N4O2/c1-17-6-4-5-7-20(17)16-26-12-14-27(15-13-26)18(2)22-24-25-23(29-22)19-8-10-21(28-3)11-9-19/h4-11,18H,12-16H2,1-3H3/p+2/t18-/m1/s1. The lowest BCUT2D eigenvalue weighted by Gasteiger charge is -2.32. The summed E-state index contributed by atoms with van der Waals surface area (Å²) in [5, 5.41) is 8.60. The van der Waals surface area contributed by atoms with Crippen LogP contribution in [0.25, 0.3) is 11.5 Å². The molecule has 1 atom stereocenters. The van der Waals surface area contributed by atoms with Gasteiger partial charge in [0.1, 0.15) is 38.5 Å². The van der Waals surface area contributed by atoms with E-state index in [2.05, 4.69) is 48.3 Å². The van der Waals surface area contributed by atoms with Crippen molar-refractivity contribution in [1.82, 2.24) is 10.2 Å². The molecule has 1 aromatic heterocycles. The molecule has 152 valence electrons. The fourth-order valence-electron chi connectivity index (χ4n) is 4.05. The highest BCUT2D eigenvalue weighted by Crippen LogP contribution is 2.22. The Balaban J connectivity index is 1.35. The van der Waals surface area contributed by atoms with E-state index >= 15 is 0 Å². The molecule has 0 radical (unpaired) electrons. The third-order valence-corrected chi connectivity index (χ3v) is 6.06. The minimum absolute atomic E-state index is 0.203. The van der Waals surface area contributed by atoms with Crippen molar-refractivity contribution in [2.45, 2.75) is 26.4 Å². The van der Waals surface area contributed by atoms with Gasteiger partial charge in [-0.2, -0.15) is 0 Å². The molecule has 1 aliphatic heterocycles. The molecule has 0 unspecified atom stereocenters. The van der Waals surface area contributed by atoms with E-state index < -0.39 is 0 Å². The number of aryl methyl sites for hydroxylation is 1. The lowest BCUT2D eigenvalue weighted by atomic mass is 10.1. The van der Waals surface area contributed by atoms with Crippen LogP contribution in [0.4, 0.5) is 0 Å². The third-order valence-electron chi connectivity index (χ3n) is 6.06. The van der Waals surface area contributed by atoms with Crippen LogP contribution < -0.4 is 14.5 Å². The first-order valence-corrected chi connectivity index (χ1v) is 10.3. The number of benzene rings is 2. The second-order valence-electron chi connectivity index (χ2n) is 7.91. The van der Waals surface area contributed by atoms with Gasteiger partial charge in [-0.3, -0.25) is 0 Å². The van der Waals surface area contributed by atoms with Crippen molar-refractivity contribution in [3.05, 3.63) is 65.5 Å². The van der Waals surface area contributed by atoms with Crippen molar-refractivity contribution in [3.63, 3.8) is 0 Å². The van der Waals surface area contributed by atoms with Gasteiger partial charge in [0.2, 0.25) is 5.89 Å². The van der Waals surface area contributed by atoms with Crippen molar-refractivity contribution >= 4 is 0 Å². The number of ether oxygens (including phenoxy) is 1. The molecule has 1 fully saturated rings. The van der Waals surface area contributed by atoms with E-state index in [4.69, 9.17) is 9.15 Å². The molecule has 0 bridgehead atoms. The topological polar surface area (TPSA) is 57.0 Å². The highest BCUT2D eigenvalue weighted by atomic mass is 16.5. The number of hydrogen-bond acceptors (Lipinski definition) is 4. The number of hydrogen-bond donors (Lipinski definition) is 2. The number of nitrogens with one attached hydrogen (secondary N) is 2. The molecular formula is C23H30N4O2+2. The van der Waals surface area contributed by atoms with Crippen LogP contribution in [-0.2, 0) is 6.54 Å². The highest BCUT2D eigenvalue weighted by molar-refractivity contribution is 5.53. The van der Waals surface area contributed by atoms with Gasteiger partial charge in [0.25, 0.3) is 5.89 Å². The minimum Gasteiger partial charge on any atom is -0.497 e. The van der Waals surface area contributed by atoms with Gasteiger partial charge in [-0.15, -0.1) is 10.2 Å². The SMILES string of the molecule is COc1ccc(-c2nnc([C@@H](C)[NH+]3CC[NH+](Cc4ccccc4C)CC3)o2)cc1. The monoisotopic (exact) mass is 394 g/mol. The smallest absolute Gasteiger partial charge is 0.274 e. The zero-order chi connectivity index (χ0) is 20.2. The zero-order valence-electron chi connectivity index (χ0n) is 17.4. The van der Waals surface area contributed by atoms with Crippen molar-refractivity contribution in [3.8, 4) is 17.2 Å². The number of piperazine rings is 1. The first kappa shape index (κ1) is 19.6. The maximum Gasteiger partial charge on any atom is 0.274 e. The van der Waals surface area contributed by atoms with Crippen molar-refractivity contribution < 1.29 is 19.0 Å². The lowest BCUT2D eigenvalue weighted by Crippen LogP contribution is -3.27. The molecule has 0 aliphatic carbocycles. The summed E-state index contributed by atoms with van der Waals surface area (Å²) in [6.45, 7) is 10.0. The van der Waals surface area contributed by atoms with Crippen LogP contribution in [0.15, 0.2) is 52.9 Å². The number of rotatable bonds is 6. The highest BCUT2D eigenvalue weighted by Gasteiger charge is 2.31. The molecule has 0 saturated carbocycles. The van der Waals surface area contributed by atoms with E-state index in [0.717, 1.165) is 44.0 Å². The first-order chi connectivity index (χ1) is 14.1. The molecule has 4 rings (SSSR count). The summed E-state index contributed by atoms with van der Waals surface area (Å²) in [5.74, 6) is 2.10. The molecular weight excluding hydrogens is 364 g/mol. The van der Waals surface area contributed by atoms with E-state index in [1.165, 1.54) is 16.0 Å². The van der Waals surface area contributed by atoms with Gasteiger partial charge in [-0.25, -0.2) is 0 Å². The van der Waals surface area contributed by atoms with E-state index in [0.29, 0.717) is 11.8 Å². The second-order valence-corrected chi connectivity index (χ2v) is 7.91. The summed E-state index contributed by atoms with van der Waals surface area (Å²) >= 11 is 0. The Hall–Kier alpha value is -2.70. The fourth-order valence-corrected chi connectivity index (χ4v) is 4.05. The van der Waals surface area contributed by atoms with Crippen LogP contribution in [0, 0.1) is 6.92 Å². The third kappa shape index (κ3) is 4.49. The summed E-state index contributed by atoms with van der Waals surface area (Å²) in [4.78, 5) is 3.17. The number of aromatic nitrogens is 2. The normalized spacial score (nSPS) is 20.4. The molecule has 0 amide bonds. The maximum absolute atomic E-state index is 6.01. The van der Waals surface area contributed by atoms with Crippen LogP contribution in [0.1, 0.15) is 30.0 Å². The van der Waals surface area contributed by atoms with Crippen LogP contribution in [0.5, 0.6) is 5.75 Å². The van der Waals surface area contributed by atoms with Crippen molar-refractivity contribution in [2.75, 3.05) is 33.3 Å². The van der Waals surface area contributed by atoms with Crippen LogP contribution in [0.2, 0.25) is 0 Å². The Kier molecular flexibility index (Phi) is 5.92. The molecule has 6 heteroatoms. The average Bonchev–Trinajstić information content (AvgIpc) is 3.26. The van der Waals surface area contributed by atoms with Crippen LogP contribution in [-0.4, -0.2) is 43.5 Å². The molecule has 29 heavy (non-hydrogen) atoms. The van der Waals surface area contributed by atoms with Gasteiger partial charge < -0.3 is 19.0 Å². The molecule has 6 nitrogen and oxygen atoms in total. The van der Waals surface area contributed by atoms with Gasteiger partial charge in [-0.1, -0.05) is 24.3 Å². The predicted octanol–water partition coefficient (Wildman–Crippen LogP) is 1.10. The predicted molar refractivity (Wildman–Crippen MR) is 111 cm³/mol. The zero-order valence-corrected chi connectivity index (χ0v) is 17.4. The molecule has 3 aromatic rings. The number of nitrogens with zero attached hydrogens (tertiary/aromatic N) is 2. The van der Waals surface area contributed by atoms with Crippen molar-refractivity contribution in [2.24, 2.45) is 0 Å². The molecule has 1 aliphatic rings. The Morgan fingerprint density at radius 2 is 1.72 bits per heavy atom. The van der Waals surface area contributed by atoms with E-state index in [1.54, 1.807) is 12.0 Å². The van der Waals surface area contributed by atoms with E-state index in [1.807, 2.05) is 24.3 Å². The average molecular weight is 395 g/mol. The molecule has 1 saturated heterocycles. The first-order valence-electron chi connectivity index (χ1n) is 10.3. The quantitative estimate of drug-likeness (QED) is 0.657. The largest absolute Gasteiger partial charge is 0.497 e. The molecule has 2 N–H and O–H groups in total.